The SMILES string of the molecule is CCS(=O)(=O)NCC[C@@H]1CC[C@@H](NC(=O)Nc2cc(Cl)cc(Cl)c2)[C@@H](CO)O1. The average Bonchev–Trinajstić information content (AvgIpc) is 2.61. The smallest absolute Gasteiger partial charge is 0.319 e. The highest BCUT2D eigenvalue weighted by molar-refractivity contribution is 7.89. The normalized spacial score (nSPS) is 22.6. The number of halogens is 2. The molecule has 0 saturated carbocycles. The van der Waals surface area contributed by atoms with E-state index < -0.39 is 22.2 Å². The van der Waals surface area contributed by atoms with E-state index >= 15 is 0 Å². The predicted molar refractivity (Wildman–Crippen MR) is 109 cm³/mol. The lowest BCUT2D eigenvalue weighted by molar-refractivity contribution is -0.0884. The first-order valence-electron chi connectivity index (χ1n) is 8.99. The van der Waals surface area contributed by atoms with Crippen molar-refractivity contribution in [3.8, 4) is 0 Å². The third-order valence-corrected chi connectivity index (χ3v) is 6.24. The largest absolute Gasteiger partial charge is 0.394 e. The zero-order valence-electron chi connectivity index (χ0n) is 15.5. The standard InChI is InChI=1S/C17H25Cl2N3O5S/c1-2-28(25,26)20-6-5-14-3-4-15(16(10-23)27-14)22-17(24)21-13-8-11(18)7-12(19)9-13/h7-9,14-16,20,23H,2-6,10H2,1H3,(H2,21,22,24)/t14-,15+,16+/m0/s1. The van der Waals surface area contributed by atoms with Crippen molar-refractivity contribution in [2.75, 3.05) is 24.2 Å². The van der Waals surface area contributed by atoms with Gasteiger partial charge in [0.15, 0.2) is 0 Å². The molecule has 2 rings (SSSR count). The molecule has 3 atom stereocenters. The molecule has 1 aliphatic heterocycles. The molecule has 0 spiro atoms. The molecule has 1 aromatic rings. The summed E-state index contributed by atoms with van der Waals surface area (Å²) in [4.78, 5) is 12.2. The number of urea groups is 1. The van der Waals surface area contributed by atoms with Crippen LogP contribution in [0, 0.1) is 0 Å². The quantitative estimate of drug-likeness (QED) is 0.481. The second-order valence-electron chi connectivity index (χ2n) is 6.51. The van der Waals surface area contributed by atoms with Crippen LogP contribution in [0.5, 0.6) is 0 Å². The molecular weight excluding hydrogens is 429 g/mol. The van der Waals surface area contributed by atoms with Gasteiger partial charge in [-0.25, -0.2) is 17.9 Å². The fraction of sp³-hybridized carbons (Fsp3) is 0.588. The minimum absolute atomic E-state index is 0.0245. The number of sulfonamides is 1. The average molecular weight is 454 g/mol. The Morgan fingerprint density at radius 1 is 1.25 bits per heavy atom. The highest BCUT2D eigenvalue weighted by Crippen LogP contribution is 2.24. The first-order valence-corrected chi connectivity index (χ1v) is 11.4. The fourth-order valence-corrected chi connectivity index (χ4v) is 4.11. The maximum atomic E-state index is 12.2. The van der Waals surface area contributed by atoms with Crippen molar-refractivity contribution in [1.29, 1.82) is 0 Å². The van der Waals surface area contributed by atoms with Crippen molar-refractivity contribution < 1.29 is 23.1 Å². The minimum Gasteiger partial charge on any atom is -0.394 e. The van der Waals surface area contributed by atoms with Crippen LogP contribution in [0.2, 0.25) is 10.0 Å². The van der Waals surface area contributed by atoms with E-state index in [-0.39, 0.29) is 31.1 Å². The number of hydrogen-bond donors (Lipinski definition) is 4. The number of amides is 2. The summed E-state index contributed by atoms with van der Waals surface area (Å²) >= 11 is 11.8. The van der Waals surface area contributed by atoms with Crippen LogP contribution in [0.4, 0.5) is 10.5 Å². The molecule has 1 fully saturated rings. The Hall–Kier alpha value is -1.10. The van der Waals surface area contributed by atoms with Gasteiger partial charge < -0.3 is 20.5 Å². The van der Waals surface area contributed by atoms with Crippen molar-refractivity contribution in [1.82, 2.24) is 10.0 Å². The number of hydrogen-bond acceptors (Lipinski definition) is 5. The van der Waals surface area contributed by atoms with Gasteiger partial charge in [-0.05, 0) is 44.4 Å². The predicted octanol–water partition coefficient (Wildman–Crippen LogP) is 2.35. The van der Waals surface area contributed by atoms with Gasteiger partial charge in [0, 0.05) is 22.3 Å². The van der Waals surface area contributed by atoms with Crippen LogP contribution in [0.15, 0.2) is 18.2 Å². The molecule has 28 heavy (non-hydrogen) atoms. The molecule has 1 aliphatic rings. The Morgan fingerprint density at radius 3 is 2.54 bits per heavy atom. The number of nitrogens with one attached hydrogen (secondary N) is 3. The third-order valence-electron chi connectivity index (χ3n) is 4.40. The summed E-state index contributed by atoms with van der Waals surface area (Å²) in [5.74, 6) is 0.0245. The van der Waals surface area contributed by atoms with E-state index in [2.05, 4.69) is 15.4 Å². The summed E-state index contributed by atoms with van der Waals surface area (Å²) in [5.41, 5.74) is 0.452. The number of anilines is 1. The van der Waals surface area contributed by atoms with Crippen LogP contribution in [0.3, 0.4) is 0 Å². The fourth-order valence-electron chi connectivity index (χ4n) is 2.95. The van der Waals surface area contributed by atoms with Gasteiger partial charge in [0.05, 0.1) is 24.5 Å². The van der Waals surface area contributed by atoms with Gasteiger partial charge in [0.25, 0.3) is 0 Å². The Morgan fingerprint density at radius 2 is 1.93 bits per heavy atom. The van der Waals surface area contributed by atoms with Crippen LogP contribution in [0.25, 0.3) is 0 Å². The van der Waals surface area contributed by atoms with Crippen molar-refractivity contribution in [2.45, 2.75) is 44.4 Å². The highest BCUT2D eigenvalue weighted by Gasteiger charge is 2.31. The first-order chi connectivity index (χ1) is 13.2. The van der Waals surface area contributed by atoms with Gasteiger partial charge in [0.2, 0.25) is 10.0 Å². The molecule has 1 saturated heterocycles. The number of ether oxygens (including phenoxy) is 1. The molecule has 11 heteroatoms. The van der Waals surface area contributed by atoms with Gasteiger partial charge >= 0.3 is 6.03 Å². The second kappa shape index (κ2) is 10.6. The Labute approximate surface area is 175 Å². The van der Waals surface area contributed by atoms with Crippen molar-refractivity contribution in [3.63, 3.8) is 0 Å². The van der Waals surface area contributed by atoms with E-state index in [4.69, 9.17) is 27.9 Å². The zero-order valence-corrected chi connectivity index (χ0v) is 17.8. The van der Waals surface area contributed by atoms with Gasteiger partial charge in [0.1, 0.15) is 6.10 Å². The molecule has 1 heterocycles. The monoisotopic (exact) mass is 453 g/mol. The van der Waals surface area contributed by atoms with Crippen LogP contribution in [0.1, 0.15) is 26.2 Å². The van der Waals surface area contributed by atoms with E-state index in [9.17, 15) is 18.3 Å². The summed E-state index contributed by atoms with van der Waals surface area (Å²) in [6.45, 7) is 1.58. The lowest BCUT2D eigenvalue weighted by Gasteiger charge is -2.36. The molecule has 0 unspecified atom stereocenters. The molecule has 158 valence electrons. The Kier molecular flexibility index (Phi) is 8.79. The maximum Gasteiger partial charge on any atom is 0.319 e. The van der Waals surface area contributed by atoms with Crippen molar-refractivity contribution in [3.05, 3.63) is 28.2 Å². The summed E-state index contributed by atoms with van der Waals surface area (Å²) in [7, 11) is -3.24. The number of benzene rings is 1. The van der Waals surface area contributed by atoms with Gasteiger partial charge in [-0.1, -0.05) is 23.2 Å². The number of carbonyl (C=O) groups excluding carboxylic acids is 1. The minimum atomic E-state index is -3.24. The molecule has 0 aliphatic carbocycles. The molecular formula is C17H25Cl2N3O5S. The lowest BCUT2D eigenvalue weighted by atomic mass is 9.97. The van der Waals surface area contributed by atoms with Crippen LogP contribution in [-0.2, 0) is 14.8 Å². The second-order valence-corrected chi connectivity index (χ2v) is 9.47. The van der Waals surface area contributed by atoms with Crippen molar-refractivity contribution >= 4 is 44.9 Å². The van der Waals surface area contributed by atoms with Crippen LogP contribution < -0.4 is 15.4 Å². The zero-order chi connectivity index (χ0) is 20.7. The molecule has 0 aromatic heterocycles. The molecule has 1 aromatic carbocycles. The van der Waals surface area contributed by atoms with Gasteiger partial charge in [-0.3, -0.25) is 0 Å². The van der Waals surface area contributed by atoms with Crippen LogP contribution in [-0.4, -0.2) is 56.7 Å². The lowest BCUT2D eigenvalue weighted by Crippen LogP contribution is -2.52. The molecule has 8 nitrogen and oxygen atoms in total. The molecule has 0 bridgehead atoms. The molecule has 0 radical (unpaired) electrons. The number of rotatable bonds is 8. The number of aliphatic hydroxyl groups is 1. The first kappa shape index (κ1) is 23.2. The summed E-state index contributed by atoms with van der Waals surface area (Å²) < 4.78 is 31.2. The Bertz CT molecular complexity index is 758. The van der Waals surface area contributed by atoms with Gasteiger partial charge in [-0.2, -0.15) is 0 Å². The van der Waals surface area contributed by atoms with E-state index in [0.717, 1.165) is 0 Å². The van der Waals surface area contributed by atoms with E-state index in [1.807, 2.05) is 0 Å². The summed E-state index contributed by atoms with van der Waals surface area (Å²) in [6, 6.07) is 3.87. The van der Waals surface area contributed by atoms with E-state index in [1.165, 1.54) is 0 Å². The van der Waals surface area contributed by atoms with Gasteiger partial charge in [-0.15, -0.1) is 0 Å². The topological polar surface area (TPSA) is 117 Å². The number of aliphatic hydroxyl groups excluding tert-OH is 1. The van der Waals surface area contributed by atoms with E-state index in [1.54, 1.807) is 25.1 Å². The highest BCUT2D eigenvalue weighted by atomic mass is 35.5. The van der Waals surface area contributed by atoms with Crippen molar-refractivity contribution in [2.24, 2.45) is 0 Å². The van der Waals surface area contributed by atoms with E-state index in [0.29, 0.717) is 35.0 Å². The number of carbonyl (C=O) groups is 1. The molecule has 2 amide bonds. The maximum absolute atomic E-state index is 12.2. The van der Waals surface area contributed by atoms with Crippen LogP contribution >= 0.6 is 23.2 Å². The summed E-state index contributed by atoms with van der Waals surface area (Å²) in [5, 5.41) is 15.8. The summed E-state index contributed by atoms with van der Waals surface area (Å²) in [6.07, 6.45) is 0.966. The molecule has 4 N–H and O–H groups in total. The Balaban J connectivity index is 1.83. The third kappa shape index (κ3) is 7.38.